The Morgan fingerprint density at radius 1 is 1.04 bits per heavy atom. The number of amides is 2. The topological polar surface area (TPSA) is 97.1 Å². The van der Waals surface area contributed by atoms with Gasteiger partial charge in [0.05, 0.1) is 5.75 Å². The van der Waals surface area contributed by atoms with Gasteiger partial charge in [-0.15, -0.1) is 10.2 Å². The molecular formula is C17H12ClFN4O3S. The van der Waals surface area contributed by atoms with E-state index in [1.807, 2.05) is 0 Å². The van der Waals surface area contributed by atoms with Crippen LogP contribution in [0, 0.1) is 5.82 Å². The van der Waals surface area contributed by atoms with E-state index in [0.717, 1.165) is 11.8 Å². The number of aromatic nitrogens is 2. The van der Waals surface area contributed by atoms with Crippen LogP contribution in [0.15, 0.2) is 58.2 Å². The number of carbonyl (C=O) groups excluding carboxylic acids is 2. The van der Waals surface area contributed by atoms with Crippen molar-refractivity contribution in [3.05, 3.63) is 64.9 Å². The zero-order valence-electron chi connectivity index (χ0n) is 13.6. The zero-order chi connectivity index (χ0) is 19.2. The molecule has 3 rings (SSSR count). The first-order valence-electron chi connectivity index (χ1n) is 7.58. The molecule has 2 aromatic carbocycles. The van der Waals surface area contributed by atoms with E-state index in [4.69, 9.17) is 16.0 Å². The minimum absolute atomic E-state index is 0.0497. The summed E-state index contributed by atoms with van der Waals surface area (Å²) in [5, 5.41) is 8.33. The van der Waals surface area contributed by atoms with Crippen LogP contribution >= 0.6 is 23.4 Å². The highest BCUT2D eigenvalue weighted by atomic mass is 35.5. The van der Waals surface area contributed by atoms with Gasteiger partial charge in [0, 0.05) is 16.1 Å². The van der Waals surface area contributed by atoms with Crippen LogP contribution in [0.2, 0.25) is 5.02 Å². The highest BCUT2D eigenvalue weighted by Crippen LogP contribution is 2.23. The lowest BCUT2D eigenvalue weighted by molar-refractivity contribution is -0.119. The highest BCUT2D eigenvalue weighted by Gasteiger charge is 2.12. The Labute approximate surface area is 162 Å². The zero-order valence-corrected chi connectivity index (χ0v) is 15.2. The summed E-state index contributed by atoms with van der Waals surface area (Å²) < 4.78 is 18.3. The number of thioether (sulfide) groups is 1. The number of hydrazine groups is 1. The molecule has 0 saturated carbocycles. The fourth-order valence-corrected chi connectivity index (χ4v) is 2.63. The molecule has 3 aromatic rings. The summed E-state index contributed by atoms with van der Waals surface area (Å²) in [5.41, 5.74) is 5.50. The van der Waals surface area contributed by atoms with Crippen molar-refractivity contribution in [2.24, 2.45) is 0 Å². The quantitative estimate of drug-likeness (QED) is 0.499. The van der Waals surface area contributed by atoms with Gasteiger partial charge in [0.25, 0.3) is 11.1 Å². The van der Waals surface area contributed by atoms with E-state index in [1.165, 1.54) is 36.4 Å². The number of nitrogens with zero attached hydrogens (tertiary/aromatic N) is 2. The second kappa shape index (κ2) is 8.65. The van der Waals surface area contributed by atoms with Gasteiger partial charge in [-0.3, -0.25) is 20.4 Å². The molecule has 0 aliphatic carbocycles. The number of benzene rings is 2. The first-order chi connectivity index (χ1) is 13.0. The van der Waals surface area contributed by atoms with Crippen molar-refractivity contribution in [3.63, 3.8) is 0 Å². The van der Waals surface area contributed by atoms with Crippen LogP contribution in [0.1, 0.15) is 10.4 Å². The third-order valence-corrected chi connectivity index (χ3v) is 4.32. The maximum Gasteiger partial charge on any atom is 0.277 e. The van der Waals surface area contributed by atoms with E-state index in [9.17, 15) is 14.0 Å². The van der Waals surface area contributed by atoms with Gasteiger partial charge in [0.2, 0.25) is 11.8 Å². The number of carbonyl (C=O) groups is 2. The van der Waals surface area contributed by atoms with Gasteiger partial charge in [0.15, 0.2) is 0 Å². The van der Waals surface area contributed by atoms with E-state index >= 15 is 0 Å². The highest BCUT2D eigenvalue weighted by molar-refractivity contribution is 7.99. The summed E-state index contributed by atoms with van der Waals surface area (Å²) in [6.45, 7) is 0. The molecule has 0 bridgehead atoms. The average molecular weight is 407 g/mol. The van der Waals surface area contributed by atoms with Crippen molar-refractivity contribution in [1.29, 1.82) is 0 Å². The molecule has 0 atom stereocenters. The van der Waals surface area contributed by atoms with Gasteiger partial charge >= 0.3 is 0 Å². The number of halogens is 2. The van der Waals surface area contributed by atoms with Crippen LogP contribution in [0.25, 0.3) is 11.5 Å². The molecule has 27 heavy (non-hydrogen) atoms. The van der Waals surface area contributed by atoms with Crippen molar-refractivity contribution < 1.29 is 18.4 Å². The van der Waals surface area contributed by atoms with Gasteiger partial charge in [-0.05, 0) is 48.5 Å². The van der Waals surface area contributed by atoms with Crippen LogP contribution in [-0.2, 0) is 4.79 Å². The van der Waals surface area contributed by atoms with Crippen molar-refractivity contribution in [2.75, 3.05) is 5.75 Å². The molecule has 1 heterocycles. The van der Waals surface area contributed by atoms with Crippen LogP contribution in [0.3, 0.4) is 0 Å². The lowest BCUT2D eigenvalue weighted by Gasteiger charge is -2.06. The van der Waals surface area contributed by atoms with E-state index < -0.39 is 11.8 Å². The maximum atomic E-state index is 12.9. The Morgan fingerprint density at radius 2 is 1.74 bits per heavy atom. The Morgan fingerprint density at radius 3 is 2.44 bits per heavy atom. The Hall–Kier alpha value is -2.91. The van der Waals surface area contributed by atoms with E-state index in [0.29, 0.717) is 16.1 Å². The van der Waals surface area contributed by atoms with Crippen LogP contribution in [0.4, 0.5) is 4.39 Å². The molecule has 0 aliphatic rings. The van der Waals surface area contributed by atoms with Crippen LogP contribution < -0.4 is 10.9 Å². The Kier molecular flexibility index (Phi) is 6.05. The first-order valence-corrected chi connectivity index (χ1v) is 8.94. The van der Waals surface area contributed by atoms with Crippen LogP contribution in [-0.4, -0.2) is 27.8 Å². The predicted octanol–water partition coefficient (Wildman–Crippen LogP) is 3.08. The van der Waals surface area contributed by atoms with Gasteiger partial charge in [0.1, 0.15) is 5.82 Å². The monoisotopic (exact) mass is 406 g/mol. The van der Waals surface area contributed by atoms with Gasteiger partial charge in [-0.25, -0.2) is 4.39 Å². The third-order valence-electron chi connectivity index (χ3n) is 3.25. The van der Waals surface area contributed by atoms with Crippen molar-refractivity contribution in [1.82, 2.24) is 21.0 Å². The van der Waals surface area contributed by atoms with Crippen LogP contribution in [0.5, 0.6) is 0 Å². The van der Waals surface area contributed by atoms with Gasteiger partial charge in [-0.2, -0.15) is 0 Å². The van der Waals surface area contributed by atoms with Gasteiger partial charge in [-0.1, -0.05) is 23.4 Å². The molecule has 0 aliphatic heterocycles. The van der Waals surface area contributed by atoms with E-state index in [1.54, 1.807) is 12.1 Å². The molecule has 0 unspecified atom stereocenters. The molecule has 0 saturated heterocycles. The summed E-state index contributed by atoms with van der Waals surface area (Å²) in [6.07, 6.45) is 0. The standard InChI is InChI=1S/C17H12ClFN4O3S/c18-12-5-1-10(2-6-12)15(25)21-20-14(24)9-27-17-23-22-16(26-17)11-3-7-13(19)8-4-11/h1-8H,9H2,(H,20,24)(H,21,25). The third kappa shape index (κ3) is 5.28. The summed E-state index contributed by atoms with van der Waals surface area (Å²) >= 11 is 6.75. The molecule has 0 spiro atoms. The van der Waals surface area contributed by atoms with Crippen molar-refractivity contribution in [3.8, 4) is 11.5 Å². The molecule has 0 fully saturated rings. The lowest BCUT2D eigenvalue weighted by atomic mass is 10.2. The summed E-state index contributed by atoms with van der Waals surface area (Å²) in [5.74, 6) is -1.13. The smallest absolute Gasteiger partial charge is 0.277 e. The Bertz CT molecular complexity index is 948. The molecule has 2 amide bonds. The molecule has 10 heteroatoms. The lowest BCUT2D eigenvalue weighted by Crippen LogP contribution is -2.42. The molecule has 2 N–H and O–H groups in total. The minimum Gasteiger partial charge on any atom is -0.411 e. The summed E-state index contributed by atoms with van der Waals surface area (Å²) in [4.78, 5) is 23.7. The van der Waals surface area contributed by atoms with E-state index in [-0.39, 0.29) is 22.7 Å². The summed E-state index contributed by atoms with van der Waals surface area (Å²) in [7, 11) is 0. The second-order valence-electron chi connectivity index (χ2n) is 5.18. The Balaban J connectivity index is 1.47. The summed E-state index contributed by atoms with van der Waals surface area (Å²) in [6, 6.07) is 11.8. The molecule has 138 valence electrons. The maximum absolute atomic E-state index is 12.9. The minimum atomic E-state index is -0.471. The first kappa shape index (κ1) is 18.9. The fraction of sp³-hybridized carbons (Fsp3) is 0.0588. The number of hydrogen-bond donors (Lipinski definition) is 2. The predicted molar refractivity (Wildman–Crippen MR) is 97.5 cm³/mol. The SMILES string of the molecule is O=C(CSc1nnc(-c2ccc(F)cc2)o1)NNC(=O)c1ccc(Cl)cc1. The molecular weight excluding hydrogens is 395 g/mol. The molecule has 7 nitrogen and oxygen atoms in total. The number of nitrogens with one attached hydrogen (secondary N) is 2. The molecule has 1 aromatic heterocycles. The largest absolute Gasteiger partial charge is 0.411 e. The molecule has 0 radical (unpaired) electrons. The van der Waals surface area contributed by atoms with Crippen molar-refractivity contribution in [2.45, 2.75) is 5.22 Å². The number of rotatable bonds is 5. The normalized spacial score (nSPS) is 10.4. The number of hydrogen-bond acceptors (Lipinski definition) is 6. The van der Waals surface area contributed by atoms with Gasteiger partial charge < -0.3 is 4.42 Å². The van der Waals surface area contributed by atoms with Crippen molar-refractivity contribution >= 4 is 35.2 Å². The second-order valence-corrected chi connectivity index (χ2v) is 6.54. The van der Waals surface area contributed by atoms with E-state index in [2.05, 4.69) is 21.0 Å². The average Bonchev–Trinajstić information content (AvgIpc) is 3.14. The fourth-order valence-electron chi connectivity index (χ4n) is 1.94.